The molecule has 8 nitrogen and oxygen atoms in total. The minimum absolute atomic E-state index is 0.0847. The molecule has 0 atom stereocenters. The van der Waals surface area contributed by atoms with E-state index in [4.69, 9.17) is 9.57 Å². The van der Waals surface area contributed by atoms with Crippen LogP contribution in [-0.2, 0) is 24.0 Å². The van der Waals surface area contributed by atoms with Crippen molar-refractivity contribution in [2.45, 2.75) is 45.6 Å². The third-order valence-electron chi connectivity index (χ3n) is 2.53. The monoisotopic (exact) mass is 378 g/mol. The Morgan fingerprint density at radius 2 is 1.71 bits per heavy atom. The summed E-state index contributed by atoms with van der Waals surface area (Å²) in [6.45, 7) is 5.83. The second-order valence-corrected chi connectivity index (χ2v) is 8.57. The molecule has 1 saturated heterocycles. The molecule has 1 N–H and O–H groups in total. The van der Waals surface area contributed by atoms with E-state index in [1.807, 2.05) is 0 Å². The molecule has 1 rings (SSSR count). The van der Waals surface area contributed by atoms with Gasteiger partial charge in [0, 0.05) is 30.9 Å². The van der Waals surface area contributed by atoms with Crippen LogP contribution in [0.1, 0.15) is 40.0 Å². The molecule has 0 unspecified atom stereocenters. The minimum atomic E-state index is -0.612. The van der Waals surface area contributed by atoms with Gasteiger partial charge in [0.1, 0.15) is 5.60 Å². The highest BCUT2D eigenvalue weighted by atomic mass is 33.1. The van der Waals surface area contributed by atoms with E-state index < -0.39 is 29.5 Å². The number of amides is 3. The number of nitrogens with zero attached hydrogens (tertiary/aromatic N) is 1. The zero-order valence-corrected chi connectivity index (χ0v) is 15.6. The molecule has 1 aliphatic heterocycles. The number of hydroxylamine groups is 2. The Bertz CT molecular complexity index is 476. The van der Waals surface area contributed by atoms with Crippen molar-refractivity contribution in [2.75, 3.05) is 18.1 Å². The van der Waals surface area contributed by atoms with Crippen LogP contribution in [0.15, 0.2) is 0 Å². The maximum atomic E-state index is 11.5. The Kier molecular flexibility index (Phi) is 8.40. The maximum absolute atomic E-state index is 11.5. The molecule has 0 aromatic heterocycles. The van der Waals surface area contributed by atoms with Gasteiger partial charge in [0.15, 0.2) is 0 Å². The Morgan fingerprint density at radius 3 is 2.29 bits per heavy atom. The summed E-state index contributed by atoms with van der Waals surface area (Å²) in [4.78, 5) is 50.2. The summed E-state index contributed by atoms with van der Waals surface area (Å²) in [6.07, 6.45) is -0.201. The SMILES string of the molecule is CC(C)(C)OC(=O)NCCSSCCC(=O)ON1C(=O)CCC1=O. The van der Waals surface area contributed by atoms with Crippen molar-refractivity contribution in [3.8, 4) is 0 Å². The number of carbonyl (C=O) groups is 4. The molecular weight excluding hydrogens is 356 g/mol. The number of carbonyl (C=O) groups excluding carboxylic acids is 4. The van der Waals surface area contributed by atoms with Gasteiger partial charge in [0.05, 0.1) is 6.42 Å². The molecule has 0 spiro atoms. The first-order valence-electron chi connectivity index (χ1n) is 7.47. The molecular formula is C14H22N2O6S2. The van der Waals surface area contributed by atoms with Crippen LogP contribution >= 0.6 is 21.6 Å². The molecule has 24 heavy (non-hydrogen) atoms. The third kappa shape index (κ3) is 8.44. The molecule has 1 fully saturated rings. The molecule has 136 valence electrons. The van der Waals surface area contributed by atoms with Gasteiger partial charge in [-0.15, -0.1) is 5.06 Å². The highest BCUT2D eigenvalue weighted by Gasteiger charge is 2.32. The molecule has 0 aromatic carbocycles. The van der Waals surface area contributed by atoms with E-state index in [2.05, 4.69) is 5.32 Å². The molecule has 1 aliphatic rings. The van der Waals surface area contributed by atoms with E-state index in [1.165, 1.54) is 21.6 Å². The van der Waals surface area contributed by atoms with Gasteiger partial charge in [0.25, 0.3) is 11.8 Å². The van der Waals surface area contributed by atoms with Crippen molar-refractivity contribution in [3.63, 3.8) is 0 Å². The highest BCUT2D eigenvalue weighted by Crippen LogP contribution is 2.22. The van der Waals surface area contributed by atoms with Crippen LogP contribution in [0.25, 0.3) is 0 Å². The molecule has 3 amide bonds. The third-order valence-corrected chi connectivity index (χ3v) is 4.93. The van der Waals surface area contributed by atoms with Crippen molar-refractivity contribution in [1.29, 1.82) is 0 Å². The predicted molar refractivity (Wildman–Crippen MR) is 90.9 cm³/mol. The number of imide groups is 1. The zero-order chi connectivity index (χ0) is 18.2. The second-order valence-electron chi connectivity index (χ2n) is 5.87. The van der Waals surface area contributed by atoms with Crippen LogP contribution in [-0.4, -0.2) is 52.6 Å². The van der Waals surface area contributed by atoms with E-state index in [0.29, 0.717) is 23.1 Å². The first-order chi connectivity index (χ1) is 11.2. The largest absolute Gasteiger partial charge is 0.444 e. The Balaban J connectivity index is 2.02. The molecule has 0 radical (unpaired) electrons. The molecule has 0 bridgehead atoms. The highest BCUT2D eigenvalue weighted by molar-refractivity contribution is 8.76. The Labute approximate surface area is 148 Å². The summed E-state index contributed by atoms with van der Waals surface area (Å²) in [5.41, 5.74) is -0.523. The normalized spacial score (nSPS) is 14.7. The molecule has 1 heterocycles. The van der Waals surface area contributed by atoms with Gasteiger partial charge < -0.3 is 14.9 Å². The van der Waals surface area contributed by atoms with Gasteiger partial charge in [-0.05, 0) is 20.8 Å². The van der Waals surface area contributed by atoms with E-state index in [0.717, 1.165) is 0 Å². The minimum Gasteiger partial charge on any atom is -0.444 e. The van der Waals surface area contributed by atoms with Gasteiger partial charge in [0.2, 0.25) is 0 Å². The van der Waals surface area contributed by atoms with Crippen LogP contribution in [0.2, 0.25) is 0 Å². The molecule has 0 saturated carbocycles. The number of hydrogen-bond acceptors (Lipinski definition) is 8. The quantitative estimate of drug-likeness (QED) is 0.388. The first-order valence-corrected chi connectivity index (χ1v) is 9.95. The summed E-state index contributed by atoms with van der Waals surface area (Å²) in [5, 5.41) is 3.17. The average molecular weight is 378 g/mol. The maximum Gasteiger partial charge on any atom is 0.407 e. The lowest BCUT2D eigenvalue weighted by Crippen LogP contribution is -2.33. The van der Waals surface area contributed by atoms with E-state index >= 15 is 0 Å². The number of ether oxygens (including phenoxy) is 1. The van der Waals surface area contributed by atoms with Crippen molar-refractivity contribution < 1.29 is 28.8 Å². The topological polar surface area (TPSA) is 102 Å². The van der Waals surface area contributed by atoms with Crippen LogP contribution in [0.3, 0.4) is 0 Å². The van der Waals surface area contributed by atoms with Crippen molar-refractivity contribution >= 4 is 45.5 Å². The molecule has 0 aromatic rings. The smallest absolute Gasteiger partial charge is 0.407 e. The standard InChI is InChI=1S/C14H22N2O6S2/c1-14(2,3)21-13(20)15-7-9-24-23-8-6-12(19)22-16-10(17)4-5-11(16)18/h4-9H2,1-3H3,(H,15,20). The van der Waals surface area contributed by atoms with Crippen LogP contribution < -0.4 is 5.32 Å². The van der Waals surface area contributed by atoms with Crippen molar-refractivity contribution in [1.82, 2.24) is 10.4 Å². The van der Waals surface area contributed by atoms with E-state index in [1.54, 1.807) is 20.8 Å². The summed E-state index contributed by atoms with van der Waals surface area (Å²) in [6, 6.07) is 0. The average Bonchev–Trinajstić information content (AvgIpc) is 2.76. The van der Waals surface area contributed by atoms with Crippen LogP contribution in [0.5, 0.6) is 0 Å². The van der Waals surface area contributed by atoms with Gasteiger partial charge in [-0.2, -0.15) is 0 Å². The predicted octanol–water partition coefficient (Wildman–Crippen LogP) is 1.89. The van der Waals surface area contributed by atoms with Gasteiger partial charge in [-0.1, -0.05) is 21.6 Å². The van der Waals surface area contributed by atoms with Crippen molar-refractivity contribution in [2.24, 2.45) is 0 Å². The summed E-state index contributed by atoms with van der Waals surface area (Å²) >= 11 is 0. The first kappa shape index (κ1) is 20.6. The number of nitrogens with one attached hydrogen (secondary N) is 1. The van der Waals surface area contributed by atoms with Gasteiger partial charge >= 0.3 is 12.1 Å². The fourth-order valence-electron chi connectivity index (χ4n) is 1.56. The number of rotatable bonds is 8. The Hall–Kier alpha value is -1.42. The lowest BCUT2D eigenvalue weighted by molar-refractivity contribution is -0.197. The molecule has 0 aliphatic carbocycles. The summed E-state index contributed by atoms with van der Waals surface area (Å²) in [5.74, 6) is -0.445. The molecule has 10 heteroatoms. The van der Waals surface area contributed by atoms with Crippen LogP contribution in [0.4, 0.5) is 4.79 Å². The van der Waals surface area contributed by atoms with E-state index in [-0.39, 0.29) is 19.3 Å². The van der Waals surface area contributed by atoms with Crippen LogP contribution in [0, 0.1) is 0 Å². The number of alkyl carbamates (subject to hydrolysis) is 1. The second kappa shape index (κ2) is 9.77. The van der Waals surface area contributed by atoms with Gasteiger partial charge in [-0.3, -0.25) is 9.59 Å². The van der Waals surface area contributed by atoms with Crippen molar-refractivity contribution in [3.05, 3.63) is 0 Å². The summed E-state index contributed by atoms with van der Waals surface area (Å²) < 4.78 is 5.09. The lowest BCUT2D eigenvalue weighted by Gasteiger charge is -2.19. The summed E-state index contributed by atoms with van der Waals surface area (Å²) in [7, 11) is 2.93. The number of hydrogen-bond donors (Lipinski definition) is 1. The van der Waals surface area contributed by atoms with E-state index in [9.17, 15) is 19.2 Å². The fraction of sp³-hybridized carbons (Fsp3) is 0.714. The lowest BCUT2D eigenvalue weighted by atomic mass is 10.2. The van der Waals surface area contributed by atoms with Gasteiger partial charge in [-0.25, -0.2) is 9.59 Å². The fourth-order valence-corrected chi connectivity index (χ4v) is 3.44. The Morgan fingerprint density at radius 1 is 1.12 bits per heavy atom. The zero-order valence-electron chi connectivity index (χ0n) is 14.0.